The van der Waals surface area contributed by atoms with E-state index in [9.17, 15) is 9.59 Å². The Morgan fingerprint density at radius 3 is 2.26 bits per heavy atom. The van der Waals surface area contributed by atoms with Crippen LogP contribution in [0, 0.1) is 0 Å². The van der Waals surface area contributed by atoms with Gasteiger partial charge in [-0.2, -0.15) is 0 Å². The summed E-state index contributed by atoms with van der Waals surface area (Å²) in [5, 5.41) is 6.37. The Labute approximate surface area is 192 Å². The van der Waals surface area contributed by atoms with Crippen molar-refractivity contribution < 1.29 is 9.59 Å². The smallest absolute Gasteiger partial charge is 0.260 e. The zero-order valence-electron chi connectivity index (χ0n) is 17.0. The summed E-state index contributed by atoms with van der Waals surface area (Å²) < 4.78 is 0. The molecular weight excluding hydrogens is 430 g/mol. The quantitative estimate of drug-likeness (QED) is 0.514. The monoisotopic (exact) mass is 451 g/mol. The largest absolute Gasteiger partial charge is 0.332 e. The summed E-state index contributed by atoms with van der Waals surface area (Å²) in [4.78, 5) is 27.2. The number of carbonyl (C=O) groups excluding carboxylic acids is 2. The molecule has 3 aromatic carbocycles. The third kappa shape index (κ3) is 6.13. The Kier molecular flexibility index (Phi) is 7.76. The van der Waals surface area contributed by atoms with Gasteiger partial charge in [0.2, 0.25) is 5.91 Å². The van der Waals surface area contributed by atoms with Crippen LogP contribution in [-0.2, 0) is 11.2 Å². The van der Waals surface area contributed by atoms with Crippen LogP contribution in [-0.4, -0.2) is 23.5 Å². The summed E-state index contributed by atoms with van der Waals surface area (Å²) in [6.07, 6.45) is 0.164. The average Bonchev–Trinajstić information content (AvgIpc) is 2.77. The van der Waals surface area contributed by atoms with Gasteiger partial charge in [0.25, 0.3) is 5.91 Å². The van der Waals surface area contributed by atoms with Crippen molar-refractivity contribution in [1.82, 2.24) is 5.32 Å². The number of benzene rings is 3. The van der Waals surface area contributed by atoms with Gasteiger partial charge in [-0.3, -0.25) is 9.59 Å². The Morgan fingerprint density at radius 2 is 1.58 bits per heavy atom. The van der Waals surface area contributed by atoms with Crippen molar-refractivity contribution in [2.45, 2.75) is 13.3 Å². The fraction of sp³-hybridized carbons (Fsp3) is 0.125. The highest BCUT2D eigenvalue weighted by atomic mass is 35.5. The van der Waals surface area contributed by atoms with E-state index in [1.807, 2.05) is 37.3 Å². The number of carbonyl (C=O) groups is 2. The molecule has 2 amide bonds. The molecular formula is C24H22ClN3O2S. The molecule has 3 aromatic rings. The van der Waals surface area contributed by atoms with Crippen LogP contribution < -0.4 is 15.5 Å². The summed E-state index contributed by atoms with van der Waals surface area (Å²) in [6, 6.07) is 23.6. The number of amides is 2. The standard InChI is InChI=1S/C24H22ClN3O2S/c1-2-28(19-8-4-3-5-9-19)23(30)20-10-6-7-11-21(20)26-24(31)27-22(29)16-17-12-14-18(25)15-13-17/h3-15H,2,16H2,1H3,(H2,26,27,29,31). The normalized spacial score (nSPS) is 10.3. The third-order valence-electron chi connectivity index (χ3n) is 4.57. The molecule has 0 fully saturated rings. The van der Waals surface area contributed by atoms with Crippen LogP contribution in [0.15, 0.2) is 78.9 Å². The van der Waals surface area contributed by atoms with E-state index in [1.54, 1.807) is 53.4 Å². The molecule has 158 valence electrons. The number of nitrogens with one attached hydrogen (secondary N) is 2. The van der Waals surface area contributed by atoms with E-state index in [0.717, 1.165) is 11.3 Å². The number of nitrogens with zero attached hydrogens (tertiary/aromatic N) is 1. The molecule has 31 heavy (non-hydrogen) atoms. The molecule has 0 aliphatic carbocycles. The fourth-order valence-electron chi connectivity index (χ4n) is 3.09. The highest BCUT2D eigenvalue weighted by Crippen LogP contribution is 2.22. The molecule has 0 saturated carbocycles. The van der Waals surface area contributed by atoms with E-state index >= 15 is 0 Å². The molecule has 0 spiro atoms. The predicted molar refractivity (Wildman–Crippen MR) is 130 cm³/mol. The molecule has 0 aliphatic rings. The molecule has 0 saturated heterocycles. The maximum atomic E-state index is 13.2. The van der Waals surface area contributed by atoms with Gasteiger partial charge in [-0.15, -0.1) is 0 Å². The van der Waals surface area contributed by atoms with Crippen LogP contribution in [0.4, 0.5) is 11.4 Å². The van der Waals surface area contributed by atoms with Crippen molar-refractivity contribution >= 4 is 52.1 Å². The van der Waals surface area contributed by atoms with Crippen LogP contribution in [0.2, 0.25) is 5.02 Å². The van der Waals surface area contributed by atoms with Gasteiger partial charge in [-0.05, 0) is 61.1 Å². The van der Waals surface area contributed by atoms with Gasteiger partial charge in [0.15, 0.2) is 5.11 Å². The van der Waals surface area contributed by atoms with Crippen molar-refractivity contribution in [3.05, 3.63) is 95.0 Å². The zero-order chi connectivity index (χ0) is 22.2. The lowest BCUT2D eigenvalue weighted by atomic mass is 10.1. The van der Waals surface area contributed by atoms with Crippen molar-refractivity contribution in [3.63, 3.8) is 0 Å². The van der Waals surface area contributed by atoms with Crippen LogP contribution in [0.3, 0.4) is 0 Å². The molecule has 7 heteroatoms. The van der Waals surface area contributed by atoms with Crippen LogP contribution in [0.25, 0.3) is 0 Å². The number of halogens is 1. The van der Waals surface area contributed by atoms with Crippen LogP contribution >= 0.6 is 23.8 Å². The second kappa shape index (κ2) is 10.7. The highest BCUT2D eigenvalue weighted by molar-refractivity contribution is 7.80. The van der Waals surface area contributed by atoms with E-state index in [0.29, 0.717) is 22.8 Å². The van der Waals surface area contributed by atoms with Gasteiger partial charge < -0.3 is 15.5 Å². The number of hydrogen-bond acceptors (Lipinski definition) is 3. The second-order valence-electron chi connectivity index (χ2n) is 6.74. The molecule has 0 bridgehead atoms. The van der Waals surface area contributed by atoms with Gasteiger partial charge >= 0.3 is 0 Å². The summed E-state index contributed by atoms with van der Waals surface area (Å²) in [6.45, 7) is 2.43. The number of anilines is 2. The zero-order valence-corrected chi connectivity index (χ0v) is 18.5. The minimum atomic E-state index is -0.261. The lowest BCUT2D eigenvalue weighted by Gasteiger charge is -2.23. The fourth-order valence-corrected chi connectivity index (χ4v) is 3.44. The summed E-state index contributed by atoms with van der Waals surface area (Å²) in [5.41, 5.74) is 2.62. The molecule has 3 rings (SSSR count). The Hall–Kier alpha value is -3.22. The van der Waals surface area contributed by atoms with Gasteiger partial charge in [0, 0.05) is 17.3 Å². The topological polar surface area (TPSA) is 61.4 Å². The number of para-hydroxylation sites is 2. The molecule has 0 aromatic heterocycles. The van der Waals surface area contributed by atoms with E-state index in [2.05, 4.69) is 10.6 Å². The average molecular weight is 452 g/mol. The first kappa shape index (κ1) is 22.5. The highest BCUT2D eigenvalue weighted by Gasteiger charge is 2.19. The number of hydrogen-bond donors (Lipinski definition) is 2. The second-order valence-corrected chi connectivity index (χ2v) is 7.58. The van der Waals surface area contributed by atoms with Gasteiger partial charge in [-0.25, -0.2) is 0 Å². The Bertz CT molecular complexity index is 1070. The van der Waals surface area contributed by atoms with Crippen LogP contribution in [0.5, 0.6) is 0 Å². The molecule has 0 heterocycles. The lowest BCUT2D eigenvalue weighted by molar-refractivity contribution is -0.119. The maximum Gasteiger partial charge on any atom is 0.260 e. The van der Waals surface area contributed by atoms with Crippen molar-refractivity contribution in [3.8, 4) is 0 Å². The summed E-state index contributed by atoms with van der Waals surface area (Å²) in [5.74, 6) is -0.421. The van der Waals surface area contributed by atoms with E-state index < -0.39 is 0 Å². The van der Waals surface area contributed by atoms with Crippen molar-refractivity contribution in [2.75, 3.05) is 16.8 Å². The Morgan fingerprint density at radius 1 is 0.935 bits per heavy atom. The first-order valence-corrected chi connectivity index (χ1v) is 10.6. The summed E-state index contributed by atoms with van der Waals surface area (Å²) in [7, 11) is 0. The maximum absolute atomic E-state index is 13.2. The van der Waals surface area contributed by atoms with Crippen molar-refractivity contribution in [2.24, 2.45) is 0 Å². The van der Waals surface area contributed by atoms with Gasteiger partial charge in [-0.1, -0.05) is 54.1 Å². The lowest BCUT2D eigenvalue weighted by Crippen LogP contribution is -2.36. The third-order valence-corrected chi connectivity index (χ3v) is 5.02. The number of rotatable bonds is 6. The number of thiocarbonyl (C=S) groups is 1. The molecule has 0 atom stereocenters. The molecule has 0 radical (unpaired) electrons. The van der Waals surface area contributed by atoms with E-state index in [1.165, 1.54) is 0 Å². The minimum Gasteiger partial charge on any atom is -0.332 e. The molecule has 5 nitrogen and oxygen atoms in total. The minimum absolute atomic E-state index is 0.127. The van der Waals surface area contributed by atoms with E-state index in [4.69, 9.17) is 23.8 Å². The van der Waals surface area contributed by atoms with Crippen molar-refractivity contribution in [1.29, 1.82) is 0 Å². The van der Waals surface area contributed by atoms with Crippen LogP contribution in [0.1, 0.15) is 22.8 Å². The molecule has 0 aliphatic heterocycles. The first-order chi connectivity index (χ1) is 15.0. The van der Waals surface area contributed by atoms with Gasteiger partial charge in [0.1, 0.15) is 0 Å². The molecule has 2 N–H and O–H groups in total. The SMILES string of the molecule is CCN(C(=O)c1ccccc1NC(=S)NC(=O)Cc1ccc(Cl)cc1)c1ccccc1. The van der Waals surface area contributed by atoms with Gasteiger partial charge in [0.05, 0.1) is 17.7 Å². The predicted octanol–water partition coefficient (Wildman–Crippen LogP) is 5.06. The Balaban J connectivity index is 1.69. The first-order valence-electron chi connectivity index (χ1n) is 9.79. The van der Waals surface area contributed by atoms with E-state index in [-0.39, 0.29) is 23.3 Å². The summed E-state index contributed by atoms with van der Waals surface area (Å²) >= 11 is 11.2. The molecule has 0 unspecified atom stereocenters.